The first-order valence-corrected chi connectivity index (χ1v) is 7.12. The highest BCUT2D eigenvalue weighted by Crippen LogP contribution is 2.25. The molecule has 0 aliphatic carbocycles. The van der Waals surface area contributed by atoms with Crippen LogP contribution in [0.1, 0.15) is 44.4 Å². The summed E-state index contributed by atoms with van der Waals surface area (Å²) >= 11 is 1.77. The number of benzene rings is 1. The molecule has 2 heteroatoms. The molecule has 1 atom stereocenters. The first-order chi connectivity index (χ1) is 7.45. The van der Waals surface area contributed by atoms with Crippen LogP contribution in [0, 0.1) is 0 Å². The van der Waals surface area contributed by atoms with E-state index in [0.717, 1.165) is 17.7 Å². The van der Waals surface area contributed by atoms with Crippen LogP contribution in [0.5, 0.6) is 0 Å². The fourth-order valence-electron chi connectivity index (χ4n) is 1.60. The second-order valence-corrected chi connectivity index (χ2v) is 6.15. The molecule has 1 N–H and O–H groups in total. The molecule has 0 aliphatic rings. The van der Waals surface area contributed by atoms with Crippen LogP contribution in [0.4, 0.5) is 0 Å². The Balaban J connectivity index is 2.71. The Bertz CT molecular complexity index is 311. The number of rotatable bonds is 4. The van der Waals surface area contributed by atoms with E-state index < -0.39 is 0 Å². The summed E-state index contributed by atoms with van der Waals surface area (Å²) in [5.41, 5.74) is 2.53. The Hall–Kier alpha value is -0.470. The molecule has 90 valence electrons. The summed E-state index contributed by atoms with van der Waals surface area (Å²) in [6, 6.07) is 8.34. The van der Waals surface area contributed by atoms with Crippen LogP contribution in [0.2, 0.25) is 0 Å². The average Bonchev–Trinajstić information content (AvgIpc) is 2.25. The van der Waals surface area contributed by atoms with Gasteiger partial charge in [0.1, 0.15) is 0 Å². The Labute approximate surface area is 103 Å². The van der Waals surface area contributed by atoms with Crippen LogP contribution in [0.15, 0.2) is 24.3 Å². The van der Waals surface area contributed by atoms with Crippen LogP contribution in [-0.4, -0.2) is 17.1 Å². The van der Waals surface area contributed by atoms with Crippen molar-refractivity contribution in [2.24, 2.45) is 0 Å². The van der Waals surface area contributed by atoms with Crippen LogP contribution in [0.25, 0.3) is 0 Å². The highest BCUT2D eigenvalue weighted by molar-refractivity contribution is 7.98. The highest BCUT2D eigenvalue weighted by atomic mass is 32.2. The minimum Gasteiger partial charge on any atom is -0.388 e. The van der Waals surface area contributed by atoms with Gasteiger partial charge in [0.05, 0.1) is 6.10 Å². The average molecular weight is 238 g/mol. The lowest BCUT2D eigenvalue weighted by molar-refractivity contribution is 0.175. The first kappa shape index (κ1) is 13.6. The minimum atomic E-state index is -0.318. The summed E-state index contributed by atoms with van der Waals surface area (Å²) in [7, 11) is 0. The lowest BCUT2D eigenvalue weighted by Crippen LogP contribution is -2.11. The van der Waals surface area contributed by atoms with Gasteiger partial charge in [0.15, 0.2) is 0 Å². The maximum atomic E-state index is 9.93. The van der Waals surface area contributed by atoms with Crippen molar-refractivity contribution in [2.45, 2.75) is 38.7 Å². The molecule has 0 fully saturated rings. The van der Waals surface area contributed by atoms with Crippen LogP contribution < -0.4 is 0 Å². The van der Waals surface area contributed by atoms with Gasteiger partial charge in [-0.3, -0.25) is 0 Å². The first-order valence-electron chi connectivity index (χ1n) is 5.72. The van der Waals surface area contributed by atoms with Crippen molar-refractivity contribution in [1.82, 2.24) is 0 Å². The number of hydrogen-bond acceptors (Lipinski definition) is 2. The summed E-state index contributed by atoms with van der Waals surface area (Å²) in [5.74, 6) is 1.00. The van der Waals surface area contributed by atoms with E-state index in [-0.39, 0.29) is 11.5 Å². The quantitative estimate of drug-likeness (QED) is 0.861. The van der Waals surface area contributed by atoms with Crippen molar-refractivity contribution in [3.63, 3.8) is 0 Å². The molecule has 0 radical (unpaired) electrons. The van der Waals surface area contributed by atoms with E-state index in [0.29, 0.717) is 0 Å². The van der Waals surface area contributed by atoms with Crippen molar-refractivity contribution in [3.8, 4) is 0 Å². The zero-order valence-electron chi connectivity index (χ0n) is 10.7. The summed E-state index contributed by atoms with van der Waals surface area (Å²) in [4.78, 5) is 0. The fourth-order valence-corrected chi connectivity index (χ4v) is 2.06. The van der Waals surface area contributed by atoms with Crippen molar-refractivity contribution in [1.29, 1.82) is 0 Å². The molecule has 1 unspecified atom stereocenters. The molecule has 0 saturated carbocycles. The molecule has 1 nitrogen and oxygen atoms in total. The van der Waals surface area contributed by atoms with Crippen molar-refractivity contribution in [2.75, 3.05) is 12.0 Å². The molecule has 16 heavy (non-hydrogen) atoms. The predicted octanol–water partition coefficient (Wildman–Crippen LogP) is 3.77. The third-order valence-corrected chi connectivity index (χ3v) is 3.40. The number of hydrogen-bond donors (Lipinski definition) is 1. The van der Waals surface area contributed by atoms with Crippen molar-refractivity contribution < 1.29 is 5.11 Å². The van der Waals surface area contributed by atoms with Gasteiger partial charge < -0.3 is 5.11 Å². The molecule has 0 aromatic heterocycles. The molecule has 0 spiro atoms. The molecule has 0 heterocycles. The summed E-state index contributed by atoms with van der Waals surface area (Å²) in [6.07, 6.45) is 2.58. The fraction of sp³-hybridized carbons (Fsp3) is 0.571. The third kappa shape index (κ3) is 3.84. The minimum absolute atomic E-state index is 0.183. The lowest BCUT2D eigenvalue weighted by Gasteiger charge is -2.20. The van der Waals surface area contributed by atoms with Crippen LogP contribution in [-0.2, 0) is 5.41 Å². The lowest BCUT2D eigenvalue weighted by atomic mass is 9.86. The van der Waals surface area contributed by atoms with E-state index >= 15 is 0 Å². The molecular weight excluding hydrogens is 216 g/mol. The second-order valence-electron chi connectivity index (χ2n) is 5.17. The Morgan fingerprint density at radius 3 is 2.19 bits per heavy atom. The predicted molar refractivity (Wildman–Crippen MR) is 73.1 cm³/mol. The van der Waals surface area contributed by atoms with Crippen molar-refractivity contribution >= 4 is 11.8 Å². The van der Waals surface area contributed by atoms with Gasteiger partial charge in [-0.2, -0.15) is 11.8 Å². The topological polar surface area (TPSA) is 20.2 Å². The van der Waals surface area contributed by atoms with Gasteiger partial charge in [-0.25, -0.2) is 0 Å². The van der Waals surface area contributed by atoms with Gasteiger partial charge in [0.2, 0.25) is 0 Å². The smallest absolute Gasteiger partial charge is 0.0797 e. The summed E-state index contributed by atoms with van der Waals surface area (Å²) < 4.78 is 0. The molecular formula is C14H22OS. The zero-order chi connectivity index (χ0) is 12.2. The molecule has 0 bridgehead atoms. The van der Waals surface area contributed by atoms with E-state index in [1.165, 1.54) is 5.56 Å². The highest BCUT2D eigenvalue weighted by Gasteiger charge is 2.14. The Morgan fingerprint density at radius 1 is 1.19 bits per heavy atom. The Morgan fingerprint density at radius 2 is 1.75 bits per heavy atom. The zero-order valence-corrected chi connectivity index (χ0v) is 11.5. The molecule has 0 saturated heterocycles. The molecule has 1 rings (SSSR count). The number of thioether (sulfide) groups is 1. The number of aliphatic hydroxyl groups excluding tert-OH is 1. The van der Waals surface area contributed by atoms with Crippen LogP contribution in [0.3, 0.4) is 0 Å². The maximum absolute atomic E-state index is 9.93. The van der Waals surface area contributed by atoms with Crippen molar-refractivity contribution in [3.05, 3.63) is 35.4 Å². The number of aliphatic hydroxyl groups is 1. The molecule has 1 aromatic carbocycles. The van der Waals surface area contributed by atoms with E-state index in [9.17, 15) is 5.11 Å². The molecule has 0 amide bonds. The van der Waals surface area contributed by atoms with E-state index in [1.54, 1.807) is 11.8 Å². The van der Waals surface area contributed by atoms with E-state index in [2.05, 4.69) is 39.2 Å². The van der Waals surface area contributed by atoms with Gasteiger partial charge in [0, 0.05) is 0 Å². The second kappa shape index (κ2) is 5.74. The summed E-state index contributed by atoms with van der Waals surface area (Å²) in [6.45, 7) is 6.60. The van der Waals surface area contributed by atoms with Gasteiger partial charge in [-0.1, -0.05) is 45.0 Å². The molecule has 0 aliphatic heterocycles. The van der Waals surface area contributed by atoms with E-state index in [1.807, 2.05) is 12.1 Å². The molecule has 1 aromatic rings. The van der Waals surface area contributed by atoms with E-state index in [4.69, 9.17) is 0 Å². The standard InChI is InChI=1S/C14H22OS/c1-14(2,3)12-7-5-11(6-8-12)13(15)9-10-16-4/h5-8,13,15H,9-10H2,1-4H3. The van der Waals surface area contributed by atoms with Crippen LogP contribution >= 0.6 is 11.8 Å². The third-order valence-electron chi connectivity index (χ3n) is 2.76. The van der Waals surface area contributed by atoms with Gasteiger partial charge in [-0.05, 0) is 35.0 Å². The largest absolute Gasteiger partial charge is 0.388 e. The van der Waals surface area contributed by atoms with Gasteiger partial charge >= 0.3 is 0 Å². The SMILES string of the molecule is CSCCC(O)c1ccc(C(C)(C)C)cc1. The monoisotopic (exact) mass is 238 g/mol. The van der Waals surface area contributed by atoms with Gasteiger partial charge in [-0.15, -0.1) is 0 Å². The van der Waals surface area contributed by atoms with Gasteiger partial charge in [0.25, 0.3) is 0 Å². The maximum Gasteiger partial charge on any atom is 0.0797 e. The Kier molecular flexibility index (Phi) is 4.88. The summed E-state index contributed by atoms with van der Waals surface area (Å²) in [5, 5.41) is 9.93. The normalized spacial score (nSPS) is 13.8.